The van der Waals surface area contributed by atoms with E-state index in [1.807, 2.05) is 6.07 Å². The van der Waals surface area contributed by atoms with Crippen LogP contribution < -0.4 is 5.32 Å². The Morgan fingerprint density at radius 1 is 1.28 bits per heavy atom. The molecule has 0 aliphatic rings. The monoisotopic (exact) mass is 281 g/mol. The average Bonchev–Trinajstić information content (AvgIpc) is 2.34. The molecule has 0 aliphatic carbocycles. The molecule has 0 fully saturated rings. The van der Waals surface area contributed by atoms with E-state index in [1.54, 1.807) is 6.07 Å². The van der Waals surface area contributed by atoms with Gasteiger partial charge in [0, 0.05) is 6.20 Å². The smallest absolute Gasteiger partial charge is 0.126 e. The Morgan fingerprint density at radius 3 is 2.56 bits per heavy atom. The van der Waals surface area contributed by atoms with Gasteiger partial charge in [0.1, 0.15) is 11.9 Å². The van der Waals surface area contributed by atoms with E-state index in [1.165, 1.54) is 12.4 Å². The van der Waals surface area contributed by atoms with Gasteiger partial charge in [0.15, 0.2) is 0 Å². The molecule has 1 aromatic carbocycles. The van der Waals surface area contributed by atoms with Gasteiger partial charge in [-0.05, 0) is 18.2 Å². The van der Waals surface area contributed by atoms with Crippen molar-refractivity contribution in [1.82, 2.24) is 4.98 Å². The van der Waals surface area contributed by atoms with Gasteiger partial charge in [-0.25, -0.2) is 4.39 Å². The summed E-state index contributed by atoms with van der Waals surface area (Å²) >= 11 is 11.8. The molecule has 3 nitrogen and oxygen atoms in total. The maximum Gasteiger partial charge on any atom is 0.126 e. The van der Waals surface area contributed by atoms with Crippen LogP contribution in [-0.4, -0.2) is 4.98 Å². The third-order valence-electron chi connectivity index (χ3n) is 2.21. The van der Waals surface area contributed by atoms with Crippen LogP contribution in [0.1, 0.15) is 5.56 Å². The maximum absolute atomic E-state index is 13.0. The summed E-state index contributed by atoms with van der Waals surface area (Å²) in [4.78, 5) is 3.89. The minimum atomic E-state index is -0.526. The highest BCUT2D eigenvalue weighted by Crippen LogP contribution is 2.34. The van der Waals surface area contributed by atoms with Gasteiger partial charge in [0.05, 0.1) is 33.2 Å². The van der Waals surface area contributed by atoms with Crippen LogP contribution in [0.4, 0.5) is 15.8 Å². The van der Waals surface area contributed by atoms with Crippen LogP contribution >= 0.6 is 23.2 Å². The molecule has 0 saturated heterocycles. The van der Waals surface area contributed by atoms with E-state index in [2.05, 4.69) is 10.3 Å². The Balaban J connectivity index is 2.44. The summed E-state index contributed by atoms with van der Waals surface area (Å²) in [6, 6.07) is 5.83. The minimum absolute atomic E-state index is 0.132. The topological polar surface area (TPSA) is 48.7 Å². The third kappa shape index (κ3) is 2.53. The van der Waals surface area contributed by atoms with Gasteiger partial charge in [-0.2, -0.15) is 5.26 Å². The molecule has 0 saturated carbocycles. The Bertz CT molecular complexity index is 614. The van der Waals surface area contributed by atoms with Crippen molar-refractivity contribution in [2.45, 2.75) is 0 Å². The van der Waals surface area contributed by atoms with Crippen LogP contribution in [0.3, 0.4) is 0 Å². The number of nitriles is 1. The van der Waals surface area contributed by atoms with Gasteiger partial charge >= 0.3 is 0 Å². The lowest BCUT2D eigenvalue weighted by Gasteiger charge is -2.11. The van der Waals surface area contributed by atoms with E-state index >= 15 is 0 Å². The van der Waals surface area contributed by atoms with Crippen LogP contribution in [0, 0.1) is 17.1 Å². The third-order valence-corrected chi connectivity index (χ3v) is 2.80. The highest BCUT2D eigenvalue weighted by Gasteiger charge is 2.10. The summed E-state index contributed by atoms with van der Waals surface area (Å²) in [6.07, 6.45) is 2.96. The van der Waals surface area contributed by atoms with Crippen molar-refractivity contribution in [2.24, 2.45) is 0 Å². The molecule has 18 heavy (non-hydrogen) atoms. The molecule has 2 rings (SSSR count). The number of benzene rings is 1. The zero-order chi connectivity index (χ0) is 13.1. The maximum atomic E-state index is 13.0. The van der Waals surface area contributed by atoms with Crippen molar-refractivity contribution >= 4 is 34.6 Å². The fourth-order valence-corrected chi connectivity index (χ4v) is 1.94. The molecule has 2 aromatic rings. The summed E-state index contributed by atoms with van der Waals surface area (Å²) in [7, 11) is 0. The molecular formula is C12H6Cl2FN3. The second kappa shape index (κ2) is 5.21. The molecule has 1 heterocycles. The Labute approximate surface area is 113 Å². The summed E-state index contributed by atoms with van der Waals surface area (Å²) in [5.41, 5.74) is 1.18. The summed E-state index contributed by atoms with van der Waals surface area (Å²) in [5.74, 6) is -0.526. The first-order valence-corrected chi connectivity index (χ1v) is 5.63. The van der Waals surface area contributed by atoms with Gasteiger partial charge in [-0.3, -0.25) is 4.98 Å². The molecule has 0 aliphatic heterocycles. The molecule has 90 valence electrons. The fourth-order valence-electron chi connectivity index (χ4n) is 1.39. The number of hydrogen-bond acceptors (Lipinski definition) is 3. The molecule has 0 unspecified atom stereocenters. The molecule has 1 aromatic heterocycles. The number of pyridine rings is 1. The Kier molecular flexibility index (Phi) is 3.66. The van der Waals surface area contributed by atoms with Gasteiger partial charge in [0.2, 0.25) is 0 Å². The van der Waals surface area contributed by atoms with E-state index in [4.69, 9.17) is 28.5 Å². The van der Waals surface area contributed by atoms with E-state index in [-0.39, 0.29) is 10.0 Å². The SMILES string of the molecule is N#Cc1ccncc1Nc1c(Cl)cc(F)cc1Cl. The van der Waals surface area contributed by atoms with Gasteiger partial charge in [0.25, 0.3) is 0 Å². The van der Waals surface area contributed by atoms with Gasteiger partial charge in [-0.15, -0.1) is 0 Å². The lowest BCUT2D eigenvalue weighted by Crippen LogP contribution is -1.96. The lowest BCUT2D eigenvalue weighted by atomic mass is 10.2. The predicted molar refractivity (Wildman–Crippen MR) is 68.7 cm³/mol. The van der Waals surface area contributed by atoms with Crippen LogP contribution in [0.15, 0.2) is 30.6 Å². The zero-order valence-corrected chi connectivity index (χ0v) is 10.4. The van der Waals surface area contributed by atoms with Crippen LogP contribution in [-0.2, 0) is 0 Å². The van der Waals surface area contributed by atoms with Crippen LogP contribution in [0.5, 0.6) is 0 Å². The van der Waals surface area contributed by atoms with E-state index in [0.717, 1.165) is 12.1 Å². The van der Waals surface area contributed by atoms with Crippen LogP contribution in [0.2, 0.25) is 10.0 Å². The molecule has 1 N–H and O–H groups in total. The molecule has 0 radical (unpaired) electrons. The molecule has 0 bridgehead atoms. The highest BCUT2D eigenvalue weighted by atomic mass is 35.5. The van der Waals surface area contributed by atoms with Crippen molar-refractivity contribution in [3.63, 3.8) is 0 Å². The molecule has 0 amide bonds. The lowest BCUT2D eigenvalue weighted by molar-refractivity contribution is 0.628. The first-order valence-electron chi connectivity index (χ1n) is 4.87. The predicted octanol–water partition coefficient (Wildman–Crippen LogP) is 4.14. The normalized spacial score (nSPS) is 9.89. The van der Waals surface area contributed by atoms with Crippen molar-refractivity contribution < 1.29 is 4.39 Å². The second-order valence-corrected chi connectivity index (χ2v) is 4.22. The first-order chi connectivity index (χ1) is 8.61. The molecule has 6 heteroatoms. The van der Waals surface area contributed by atoms with Gasteiger partial charge < -0.3 is 5.32 Å². The number of nitrogens with one attached hydrogen (secondary N) is 1. The number of halogens is 3. The number of rotatable bonds is 2. The van der Waals surface area contributed by atoms with Crippen molar-refractivity contribution in [2.75, 3.05) is 5.32 Å². The second-order valence-electron chi connectivity index (χ2n) is 3.40. The molecule has 0 spiro atoms. The summed E-state index contributed by atoms with van der Waals surface area (Å²) in [6.45, 7) is 0. The van der Waals surface area contributed by atoms with Gasteiger partial charge in [-0.1, -0.05) is 23.2 Å². The molecule has 0 atom stereocenters. The summed E-state index contributed by atoms with van der Waals surface area (Å²) < 4.78 is 13.0. The van der Waals surface area contributed by atoms with Crippen LogP contribution in [0.25, 0.3) is 0 Å². The fraction of sp³-hybridized carbons (Fsp3) is 0. The highest BCUT2D eigenvalue weighted by molar-refractivity contribution is 6.39. The van der Waals surface area contributed by atoms with Crippen molar-refractivity contribution in [3.8, 4) is 6.07 Å². The summed E-state index contributed by atoms with van der Waals surface area (Å²) in [5, 5.41) is 12.1. The van der Waals surface area contributed by atoms with E-state index < -0.39 is 5.82 Å². The number of aromatic nitrogens is 1. The Hall–Kier alpha value is -1.83. The number of hydrogen-bond donors (Lipinski definition) is 1. The van der Waals surface area contributed by atoms with Crippen molar-refractivity contribution in [1.29, 1.82) is 5.26 Å². The quantitative estimate of drug-likeness (QED) is 0.900. The molecular weight excluding hydrogens is 276 g/mol. The Morgan fingerprint density at radius 2 is 1.94 bits per heavy atom. The van der Waals surface area contributed by atoms with E-state index in [9.17, 15) is 4.39 Å². The van der Waals surface area contributed by atoms with Crippen molar-refractivity contribution in [3.05, 3.63) is 52.0 Å². The largest absolute Gasteiger partial charge is 0.351 e. The first kappa shape index (κ1) is 12.6. The average molecular weight is 282 g/mol. The number of anilines is 2. The number of nitrogens with zero attached hydrogens (tertiary/aromatic N) is 2. The minimum Gasteiger partial charge on any atom is -0.351 e. The standard InChI is InChI=1S/C12H6Cl2FN3/c13-9-3-8(15)4-10(14)12(9)18-11-6-17-2-1-7(11)5-16/h1-4,6,18H. The van der Waals surface area contributed by atoms with E-state index in [0.29, 0.717) is 16.9 Å². The zero-order valence-electron chi connectivity index (χ0n) is 8.92.